The number of carbonyl (C=O) groups excluding carboxylic acids is 1. The number of hydrogen-bond donors (Lipinski definition) is 2. The van der Waals surface area contributed by atoms with Gasteiger partial charge in [-0.3, -0.25) is 9.59 Å². The fraction of sp³-hybridized carbons (Fsp3) is 0.471. The highest BCUT2D eigenvalue weighted by Gasteiger charge is 2.21. The average molecular weight is 422 g/mol. The molecule has 0 saturated carbocycles. The van der Waals surface area contributed by atoms with Crippen LogP contribution in [-0.2, 0) is 29.8 Å². The van der Waals surface area contributed by atoms with Gasteiger partial charge in [-0.25, -0.2) is 4.98 Å². The van der Waals surface area contributed by atoms with Crippen molar-refractivity contribution in [3.8, 4) is 0 Å². The summed E-state index contributed by atoms with van der Waals surface area (Å²) in [4.78, 5) is 34.1. The summed E-state index contributed by atoms with van der Waals surface area (Å²) in [5.74, 6) is 1.83. The Balaban J connectivity index is 1.30. The molecular weight excluding hydrogens is 402 g/mol. The molecule has 3 aromatic heterocycles. The first-order chi connectivity index (χ1) is 13.1. The normalized spacial score (nSPS) is 13.2. The molecule has 2 N–H and O–H groups in total. The zero-order chi connectivity index (χ0) is 18.8. The molecule has 27 heavy (non-hydrogen) atoms. The maximum atomic E-state index is 12.4. The summed E-state index contributed by atoms with van der Waals surface area (Å²) in [5.41, 5.74) is 1.17. The number of amides is 1. The van der Waals surface area contributed by atoms with Crippen molar-refractivity contribution in [3.63, 3.8) is 0 Å². The molecule has 1 aliphatic carbocycles. The maximum Gasteiger partial charge on any atom is 0.259 e. The van der Waals surface area contributed by atoms with E-state index in [9.17, 15) is 9.59 Å². The molecule has 0 bridgehead atoms. The molecule has 0 atom stereocenters. The van der Waals surface area contributed by atoms with E-state index in [1.165, 1.54) is 21.8 Å². The monoisotopic (exact) mass is 421 g/mol. The van der Waals surface area contributed by atoms with Gasteiger partial charge in [0.25, 0.3) is 5.56 Å². The standard InChI is InChI=1S/C17H19N5O2S3/c1-2-13-21-22-17(27-13)20-12(23)6-7-25-8-11-18-15(24)14-9-4-3-5-10(9)26-16(14)19-11/h2-8H2,1H3,(H,18,19,24)(H,20,22,23). The Labute approximate surface area is 168 Å². The van der Waals surface area contributed by atoms with E-state index in [-0.39, 0.29) is 11.5 Å². The molecular formula is C17H19N5O2S3. The Morgan fingerprint density at radius 2 is 2.19 bits per heavy atom. The number of H-pyrrole nitrogens is 1. The number of fused-ring (bicyclic) bond motifs is 3. The van der Waals surface area contributed by atoms with Crippen molar-refractivity contribution in [2.24, 2.45) is 0 Å². The van der Waals surface area contributed by atoms with Gasteiger partial charge in [-0.05, 0) is 31.2 Å². The van der Waals surface area contributed by atoms with E-state index in [4.69, 9.17) is 0 Å². The fourth-order valence-corrected chi connectivity index (χ4v) is 5.86. The Hall–Kier alpha value is -1.78. The summed E-state index contributed by atoms with van der Waals surface area (Å²) in [5, 5.41) is 12.9. The molecule has 0 fully saturated rings. The molecule has 0 unspecified atom stereocenters. The van der Waals surface area contributed by atoms with Crippen LogP contribution in [0.5, 0.6) is 0 Å². The number of thioether (sulfide) groups is 1. The molecule has 0 saturated heterocycles. The fourth-order valence-electron chi connectivity index (χ4n) is 3.08. The van der Waals surface area contributed by atoms with Crippen molar-refractivity contribution in [1.29, 1.82) is 0 Å². The van der Waals surface area contributed by atoms with Crippen LogP contribution in [0.25, 0.3) is 10.2 Å². The number of anilines is 1. The van der Waals surface area contributed by atoms with Crippen LogP contribution in [0.1, 0.15) is 41.0 Å². The van der Waals surface area contributed by atoms with Gasteiger partial charge in [0, 0.05) is 17.1 Å². The van der Waals surface area contributed by atoms with Gasteiger partial charge in [0.15, 0.2) is 0 Å². The third-order valence-electron chi connectivity index (χ3n) is 4.35. The molecule has 0 aromatic carbocycles. The summed E-state index contributed by atoms with van der Waals surface area (Å²) in [6, 6.07) is 0. The van der Waals surface area contributed by atoms with Crippen molar-refractivity contribution in [3.05, 3.63) is 31.6 Å². The van der Waals surface area contributed by atoms with Crippen molar-refractivity contribution in [2.75, 3.05) is 11.1 Å². The van der Waals surface area contributed by atoms with Crippen LogP contribution in [0.4, 0.5) is 5.13 Å². The lowest BCUT2D eigenvalue weighted by Gasteiger charge is -2.03. The van der Waals surface area contributed by atoms with E-state index < -0.39 is 0 Å². The van der Waals surface area contributed by atoms with Crippen LogP contribution < -0.4 is 10.9 Å². The maximum absolute atomic E-state index is 12.4. The van der Waals surface area contributed by atoms with Gasteiger partial charge in [0.2, 0.25) is 11.0 Å². The number of nitrogens with zero attached hydrogens (tertiary/aromatic N) is 3. The third-order valence-corrected chi connectivity index (χ3v) is 7.49. The highest BCUT2D eigenvalue weighted by molar-refractivity contribution is 7.98. The van der Waals surface area contributed by atoms with E-state index >= 15 is 0 Å². The van der Waals surface area contributed by atoms with E-state index in [1.807, 2.05) is 6.92 Å². The summed E-state index contributed by atoms with van der Waals surface area (Å²) in [7, 11) is 0. The third kappa shape index (κ3) is 4.07. The number of nitrogens with one attached hydrogen (secondary N) is 2. The lowest BCUT2D eigenvalue weighted by molar-refractivity contribution is -0.115. The number of thiophene rings is 1. The predicted octanol–water partition coefficient (Wildman–Crippen LogP) is 3.15. The van der Waals surface area contributed by atoms with Crippen LogP contribution in [0.3, 0.4) is 0 Å². The van der Waals surface area contributed by atoms with Crippen molar-refractivity contribution >= 4 is 55.7 Å². The number of aromatic amines is 1. The van der Waals surface area contributed by atoms with E-state index in [0.29, 0.717) is 28.9 Å². The van der Waals surface area contributed by atoms with Gasteiger partial charge in [0.05, 0.1) is 11.1 Å². The first kappa shape index (κ1) is 18.6. The van der Waals surface area contributed by atoms with E-state index in [1.54, 1.807) is 23.1 Å². The lowest BCUT2D eigenvalue weighted by atomic mass is 10.2. The Morgan fingerprint density at radius 1 is 1.30 bits per heavy atom. The van der Waals surface area contributed by atoms with Gasteiger partial charge < -0.3 is 10.3 Å². The number of aryl methyl sites for hydroxylation is 3. The van der Waals surface area contributed by atoms with Gasteiger partial charge in [-0.1, -0.05) is 18.3 Å². The highest BCUT2D eigenvalue weighted by atomic mass is 32.2. The largest absolute Gasteiger partial charge is 0.309 e. The lowest BCUT2D eigenvalue weighted by Crippen LogP contribution is -2.13. The summed E-state index contributed by atoms with van der Waals surface area (Å²) in [6.07, 6.45) is 4.37. The molecule has 1 amide bonds. The van der Waals surface area contributed by atoms with Crippen molar-refractivity contribution < 1.29 is 4.79 Å². The molecule has 142 valence electrons. The van der Waals surface area contributed by atoms with Crippen LogP contribution >= 0.6 is 34.4 Å². The first-order valence-electron chi connectivity index (χ1n) is 8.87. The SMILES string of the molecule is CCc1nnc(NC(=O)CCSCc2nc3sc4c(c3c(=O)[nH]2)CCC4)s1. The minimum Gasteiger partial charge on any atom is -0.309 e. The van der Waals surface area contributed by atoms with Crippen LogP contribution in [0.2, 0.25) is 0 Å². The topological polar surface area (TPSA) is 101 Å². The van der Waals surface area contributed by atoms with E-state index in [2.05, 4.69) is 25.5 Å². The zero-order valence-corrected chi connectivity index (χ0v) is 17.3. The van der Waals surface area contributed by atoms with Crippen molar-refractivity contribution in [1.82, 2.24) is 20.2 Å². The molecule has 0 radical (unpaired) electrons. The number of rotatable bonds is 7. The number of hydrogen-bond acceptors (Lipinski definition) is 8. The number of aromatic nitrogens is 4. The van der Waals surface area contributed by atoms with Gasteiger partial charge in [0.1, 0.15) is 15.7 Å². The van der Waals surface area contributed by atoms with Crippen LogP contribution in [-0.4, -0.2) is 31.8 Å². The predicted molar refractivity (Wildman–Crippen MR) is 111 cm³/mol. The molecule has 0 spiro atoms. The molecule has 3 heterocycles. The summed E-state index contributed by atoms with van der Waals surface area (Å²) < 4.78 is 0. The number of carbonyl (C=O) groups is 1. The second-order valence-electron chi connectivity index (χ2n) is 6.26. The highest BCUT2D eigenvalue weighted by Crippen LogP contribution is 2.34. The van der Waals surface area contributed by atoms with E-state index in [0.717, 1.165) is 40.9 Å². The first-order valence-corrected chi connectivity index (χ1v) is 11.7. The van der Waals surface area contributed by atoms with Crippen LogP contribution in [0, 0.1) is 0 Å². The Morgan fingerprint density at radius 3 is 3.00 bits per heavy atom. The van der Waals surface area contributed by atoms with Crippen LogP contribution in [0.15, 0.2) is 4.79 Å². The Bertz CT molecular complexity index is 1040. The molecule has 10 heteroatoms. The summed E-state index contributed by atoms with van der Waals surface area (Å²) >= 11 is 4.63. The van der Waals surface area contributed by atoms with Gasteiger partial charge in [-0.15, -0.1) is 21.5 Å². The molecule has 0 aliphatic heterocycles. The summed E-state index contributed by atoms with van der Waals surface area (Å²) in [6.45, 7) is 2.00. The van der Waals surface area contributed by atoms with Crippen molar-refractivity contribution in [2.45, 2.75) is 44.8 Å². The molecule has 4 rings (SSSR count). The van der Waals surface area contributed by atoms with Gasteiger partial charge >= 0.3 is 0 Å². The minimum absolute atomic E-state index is 0.0317. The zero-order valence-electron chi connectivity index (χ0n) is 14.8. The smallest absolute Gasteiger partial charge is 0.259 e. The molecule has 3 aromatic rings. The second-order valence-corrected chi connectivity index (χ2v) is 9.51. The molecule has 7 nitrogen and oxygen atoms in total. The molecule has 1 aliphatic rings. The second kappa shape index (κ2) is 8.07. The Kier molecular flexibility index (Phi) is 5.55. The average Bonchev–Trinajstić information content (AvgIpc) is 3.34. The van der Waals surface area contributed by atoms with Gasteiger partial charge in [-0.2, -0.15) is 11.8 Å². The quantitative estimate of drug-likeness (QED) is 0.569. The minimum atomic E-state index is -0.0760.